The number of likely N-dealkylation sites (tertiary alicyclic amines) is 1. The zero-order chi connectivity index (χ0) is 15.9. The average Bonchev–Trinajstić information content (AvgIpc) is 3.03. The van der Waals surface area contributed by atoms with Crippen molar-refractivity contribution in [3.8, 4) is 0 Å². The van der Waals surface area contributed by atoms with Crippen molar-refractivity contribution in [2.75, 3.05) is 26.8 Å². The van der Waals surface area contributed by atoms with Crippen LogP contribution >= 0.6 is 11.8 Å². The molecule has 4 nitrogen and oxygen atoms in total. The minimum atomic E-state index is 0.668. The second-order valence-corrected chi connectivity index (χ2v) is 6.94. The fourth-order valence-electron chi connectivity index (χ4n) is 2.91. The Bertz CT molecular complexity index is 591. The van der Waals surface area contributed by atoms with E-state index in [2.05, 4.69) is 39.1 Å². The lowest BCUT2D eigenvalue weighted by atomic mass is 10.1. The van der Waals surface area contributed by atoms with Crippen LogP contribution in [0, 0.1) is 5.92 Å². The molecule has 122 valence electrons. The standard InChI is InChI=1S/C18H23N3OS/c1-22-13-16-7-8-21(11-16)12-17-9-19-18(20-10-17)23-14-15-5-3-2-4-6-15/h2-6,9-10,16H,7-8,11-14H2,1H3/t16-/m0/s1. The van der Waals surface area contributed by atoms with Gasteiger partial charge in [0.1, 0.15) is 0 Å². The topological polar surface area (TPSA) is 38.2 Å². The SMILES string of the molecule is COC[C@H]1CCN(Cc2cnc(SCc3ccccc3)nc2)C1. The van der Waals surface area contributed by atoms with Crippen molar-refractivity contribution in [3.63, 3.8) is 0 Å². The van der Waals surface area contributed by atoms with E-state index in [1.54, 1.807) is 18.9 Å². The second-order valence-electron chi connectivity index (χ2n) is 5.99. The van der Waals surface area contributed by atoms with E-state index >= 15 is 0 Å². The number of rotatable bonds is 7. The zero-order valence-corrected chi connectivity index (χ0v) is 14.3. The summed E-state index contributed by atoms with van der Waals surface area (Å²) in [6.45, 7) is 4.04. The molecule has 1 saturated heterocycles. The molecular formula is C18H23N3OS. The van der Waals surface area contributed by atoms with E-state index in [4.69, 9.17) is 4.74 Å². The van der Waals surface area contributed by atoms with Crippen molar-refractivity contribution in [3.05, 3.63) is 53.9 Å². The molecule has 23 heavy (non-hydrogen) atoms. The predicted molar refractivity (Wildman–Crippen MR) is 93.3 cm³/mol. The molecule has 1 aromatic carbocycles. The highest BCUT2D eigenvalue weighted by atomic mass is 32.2. The summed E-state index contributed by atoms with van der Waals surface area (Å²) in [5, 5.41) is 0.844. The maximum Gasteiger partial charge on any atom is 0.187 e. The van der Waals surface area contributed by atoms with Gasteiger partial charge in [0.15, 0.2) is 5.16 Å². The number of hydrogen-bond acceptors (Lipinski definition) is 5. The Morgan fingerprint density at radius 2 is 1.96 bits per heavy atom. The molecule has 2 aromatic rings. The number of benzene rings is 1. The van der Waals surface area contributed by atoms with Crippen molar-refractivity contribution in [2.45, 2.75) is 23.9 Å². The smallest absolute Gasteiger partial charge is 0.187 e. The molecule has 1 fully saturated rings. The zero-order valence-electron chi connectivity index (χ0n) is 13.5. The van der Waals surface area contributed by atoms with Gasteiger partial charge in [0.2, 0.25) is 0 Å². The monoisotopic (exact) mass is 329 g/mol. The molecule has 0 aliphatic carbocycles. The summed E-state index contributed by atoms with van der Waals surface area (Å²) in [6, 6.07) is 10.4. The Hall–Kier alpha value is -1.43. The van der Waals surface area contributed by atoms with E-state index in [0.29, 0.717) is 5.92 Å². The number of ether oxygens (including phenoxy) is 1. The molecule has 5 heteroatoms. The van der Waals surface area contributed by atoms with Crippen LogP contribution < -0.4 is 0 Å². The number of nitrogens with zero attached hydrogens (tertiary/aromatic N) is 3. The summed E-state index contributed by atoms with van der Waals surface area (Å²) in [7, 11) is 1.78. The van der Waals surface area contributed by atoms with Crippen LogP contribution in [0.15, 0.2) is 47.9 Å². The fraction of sp³-hybridized carbons (Fsp3) is 0.444. The van der Waals surface area contributed by atoms with Gasteiger partial charge in [-0.1, -0.05) is 42.1 Å². The third kappa shape index (κ3) is 5.03. The Labute approximate surface area is 142 Å². The van der Waals surface area contributed by atoms with Crippen molar-refractivity contribution in [1.82, 2.24) is 14.9 Å². The van der Waals surface area contributed by atoms with E-state index in [0.717, 1.165) is 37.2 Å². The maximum absolute atomic E-state index is 5.25. The number of aromatic nitrogens is 2. The van der Waals surface area contributed by atoms with Crippen LogP contribution in [0.2, 0.25) is 0 Å². The molecule has 1 aliphatic rings. The Balaban J connectivity index is 1.47. The molecule has 0 spiro atoms. The van der Waals surface area contributed by atoms with Crippen LogP contribution in [0.25, 0.3) is 0 Å². The first-order valence-corrected chi connectivity index (χ1v) is 9.01. The highest BCUT2D eigenvalue weighted by molar-refractivity contribution is 7.98. The lowest BCUT2D eigenvalue weighted by Crippen LogP contribution is -2.21. The highest BCUT2D eigenvalue weighted by Crippen LogP contribution is 2.21. The predicted octanol–water partition coefficient (Wildman–Crippen LogP) is 3.24. The summed E-state index contributed by atoms with van der Waals surface area (Å²) in [6.07, 6.45) is 5.15. The van der Waals surface area contributed by atoms with Gasteiger partial charge >= 0.3 is 0 Å². The van der Waals surface area contributed by atoms with Crippen molar-refractivity contribution >= 4 is 11.8 Å². The minimum Gasteiger partial charge on any atom is -0.384 e. The van der Waals surface area contributed by atoms with Crippen molar-refractivity contribution in [1.29, 1.82) is 0 Å². The summed E-state index contributed by atoms with van der Waals surface area (Å²) < 4.78 is 5.25. The molecule has 0 N–H and O–H groups in total. The molecule has 0 saturated carbocycles. The van der Waals surface area contributed by atoms with Crippen LogP contribution in [-0.4, -0.2) is 41.7 Å². The highest BCUT2D eigenvalue weighted by Gasteiger charge is 2.22. The lowest BCUT2D eigenvalue weighted by Gasteiger charge is -2.15. The van der Waals surface area contributed by atoms with E-state index in [1.807, 2.05) is 18.5 Å². The summed E-state index contributed by atoms with van der Waals surface area (Å²) in [5.74, 6) is 1.58. The molecule has 1 aliphatic heterocycles. The average molecular weight is 329 g/mol. The van der Waals surface area contributed by atoms with Gasteiger partial charge in [0, 0.05) is 43.9 Å². The Morgan fingerprint density at radius 1 is 1.17 bits per heavy atom. The van der Waals surface area contributed by atoms with Crippen LogP contribution in [0.5, 0.6) is 0 Å². The quantitative estimate of drug-likeness (QED) is 0.576. The van der Waals surface area contributed by atoms with E-state index in [1.165, 1.54) is 17.5 Å². The maximum atomic E-state index is 5.25. The molecule has 0 radical (unpaired) electrons. The molecule has 1 aromatic heterocycles. The van der Waals surface area contributed by atoms with Gasteiger partial charge in [-0.25, -0.2) is 9.97 Å². The van der Waals surface area contributed by atoms with Gasteiger partial charge in [-0.2, -0.15) is 0 Å². The Kier molecular flexibility index (Phi) is 6.02. The van der Waals surface area contributed by atoms with Crippen LogP contribution in [-0.2, 0) is 17.0 Å². The first-order chi connectivity index (χ1) is 11.3. The summed E-state index contributed by atoms with van der Waals surface area (Å²) >= 11 is 1.68. The lowest BCUT2D eigenvalue weighted by molar-refractivity contribution is 0.152. The van der Waals surface area contributed by atoms with Crippen molar-refractivity contribution < 1.29 is 4.74 Å². The molecule has 0 unspecified atom stereocenters. The number of hydrogen-bond donors (Lipinski definition) is 0. The second kappa shape index (κ2) is 8.43. The van der Waals surface area contributed by atoms with Gasteiger partial charge in [0.25, 0.3) is 0 Å². The van der Waals surface area contributed by atoms with Crippen LogP contribution in [0.1, 0.15) is 17.5 Å². The molecule has 2 heterocycles. The first-order valence-electron chi connectivity index (χ1n) is 8.02. The van der Waals surface area contributed by atoms with Gasteiger partial charge in [-0.3, -0.25) is 4.90 Å². The van der Waals surface area contributed by atoms with Crippen molar-refractivity contribution in [2.24, 2.45) is 5.92 Å². The third-order valence-electron chi connectivity index (χ3n) is 4.07. The van der Waals surface area contributed by atoms with Crippen LogP contribution in [0.3, 0.4) is 0 Å². The number of thioether (sulfide) groups is 1. The Morgan fingerprint density at radius 3 is 2.70 bits per heavy atom. The van der Waals surface area contributed by atoms with Crippen LogP contribution in [0.4, 0.5) is 0 Å². The van der Waals surface area contributed by atoms with E-state index in [-0.39, 0.29) is 0 Å². The van der Waals surface area contributed by atoms with Gasteiger partial charge < -0.3 is 4.74 Å². The summed E-state index contributed by atoms with van der Waals surface area (Å²) in [4.78, 5) is 11.4. The number of methoxy groups -OCH3 is 1. The van der Waals surface area contributed by atoms with E-state index in [9.17, 15) is 0 Å². The van der Waals surface area contributed by atoms with Gasteiger partial charge in [-0.15, -0.1) is 0 Å². The largest absolute Gasteiger partial charge is 0.384 e. The minimum absolute atomic E-state index is 0.668. The molecule has 3 rings (SSSR count). The fourth-order valence-corrected chi connectivity index (χ4v) is 3.65. The third-order valence-corrected chi connectivity index (χ3v) is 5.02. The van der Waals surface area contributed by atoms with E-state index < -0.39 is 0 Å². The normalized spacial score (nSPS) is 18.4. The molecular weight excluding hydrogens is 306 g/mol. The molecule has 0 bridgehead atoms. The molecule has 1 atom stereocenters. The first kappa shape index (κ1) is 16.4. The van der Waals surface area contributed by atoms with Gasteiger partial charge in [-0.05, 0) is 24.4 Å². The summed E-state index contributed by atoms with van der Waals surface area (Å²) in [5.41, 5.74) is 2.48. The van der Waals surface area contributed by atoms with Gasteiger partial charge in [0.05, 0.1) is 6.61 Å². The molecule has 0 amide bonds.